The van der Waals surface area contributed by atoms with Crippen molar-refractivity contribution < 1.29 is 17.9 Å². The van der Waals surface area contributed by atoms with E-state index in [9.17, 15) is 12.8 Å². The van der Waals surface area contributed by atoms with E-state index in [4.69, 9.17) is 5.11 Å². The molecule has 0 aliphatic rings. The van der Waals surface area contributed by atoms with E-state index in [0.717, 1.165) is 12.1 Å². The van der Waals surface area contributed by atoms with Crippen LogP contribution in [0.25, 0.3) is 0 Å². The normalized spacial score (nSPS) is 11.8. The molecule has 0 aliphatic carbocycles. The standard InChI is InChI=1S/C13H18FNO3S/c1-3-7-15(8-4-2)19(17,18)12-5-6-13(14)11(9-12)10-16/h3,5-6,9,16H,1,4,7-8,10H2,2H3. The lowest BCUT2D eigenvalue weighted by atomic mass is 10.2. The number of aliphatic hydroxyl groups excluding tert-OH is 1. The van der Waals surface area contributed by atoms with Gasteiger partial charge in [-0.25, -0.2) is 12.8 Å². The highest BCUT2D eigenvalue weighted by Gasteiger charge is 2.23. The number of halogens is 1. The molecule has 0 radical (unpaired) electrons. The largest absolute Gasteiger partial charge is 0.392 e. The Morgan fingerprint density at radius 2 is 2.16 bits per heavy atom. The molecule has 1 aromatic rings. The first-order valence-corrected chi connectivity index (χ1v) is 7.41. The third-order valence-electron chi connectivity index (χ3n) is 2.63. The van der Waals surface area contributed by atoms with Crippen molar-refractivity contribution in [1.82, 2.24) is 4.31 Å². The smallest absolute Gasteiger partial charge is 0.243 e. The van der Waals surface area contributed by atoms with Crippen LogP contribution in [0.3, 0.4) is 0 Å². The molecule has 6 heteroatoms. The molecule has 0 aliphatic heterocycles. The van der Waals surface area contributed by atoms with Gasteiger partial charge in [0.15, 0.2) is 0 Å². The molecule has 0 bridgehead atoms. The van der Waals surface area contributed by atoms with Gasteiger partial charge in [0.05, 0.1) is 11.5 Å². The van der Waals surface area contributed by atoms with E-state index < -0.39 is 22.4 Å². The molecule has 0 saturated heterocycles. The van der Waals surface area contributed by atoms with Crippen molar-refractivity contribution in [3.63, 3.8) is 0 Å². The van der Waals surface area contributed by atoms with Gasteiger partial charge in [0, 0.05) is 18.7 Å². The second kappa shape index (κ2) is 6.79. The third kappa shape index (κ3) is 3.62. The van der Waals surface area contributed by atoms with Gasteiger partial charge in [-0.1, -0.05) is 13.0 Å². The third-order valence-corrected chi connectivity index (χ3v) is 4.49. The molecule has 106 valence electrons. The molecule has 0 unspecified atom stereocenters. The number of rotatable bonds is 7. The molecular formula is C13H18FNO3S. The van der Waals surface area contributed by atoms with Crippen molar-refractivity contribution in [2.75, 3.05) is 13.1 Å². The van der Waals surface area contributed by atoms with Gasteiger partial charge < -0.3 is 5.11 Å². The van der Waals surface area contributed by atoms with E-state index in [1.54, 1.807) is 0 Å². The van der Waals surface area contributed by atoms with Crippen LogP contribution in [0, 0.1) is 5.82 Å². The first-order valence-electron chi connectivity index (χ1n) is 5.97. The van der Waals surface area contributed by atoms with Crippen LogP contribution in [0.2, 0.25) is 0 Å². The van der Waals surface area contributed by atoms with E-state index in [1.807, 2.05) is 6.92 Å². The molecule has 0 saturated carbocycles. The lowest BCUT2D eigenvalue weighted by molar-refractivity contribution is 0.275. The Morgan fingerprint density at radius 1 is 1.47 bits per heavy atom. The zero-order valence-electron chi connectivity index (χ0n) is 10.8. The van der Waals surface area contributed by atoms with Crippen LogP contribution in [0.4, 0.5) is 4.39 Å². The number of hydrogen-bond donors (Lipinski definition) is 1. The van der Waals surface area contributed by atoms with Gasteiger partial charge >= 0.3 is 0 Å². The fourth-order valence-electron chi connectivity index (χ4n) is 1.68. The topological polar surface area (TPSA) is 57.6 Å². The summed E-state index contributed by atoms with van der Waals surface area (Å²) in [5.74, 6) is -0.618. The maximum atomic E-state index is 13.3. The molecule has 0 amide bonds. The highest BCUT2D eigenvalue weighted by atomic mass is 32.2. The monoisotopic (exact) mass is 287 g/mol. The fourth-order valence-corrected chi connectivity index (χ4v) is 3.24. The van der Waals surface area contributed by atoms with Crippen LogP contribution in [0.5, 0.6) is 0 Å². The zero-order valence-corrected chi connectivity index (χ0v) is 11.7. The highest BCUT2D eigenvalue weighted by Crippen LogP contribution is 2.19. The summed E-state index contributed by atoms with van der Waals surface area (Å²) in [6.45, 7) is 5.42. The summed E-state index contributed by atoms with van der Waals surface area (Å²) >= 11 is 0. The number of sulfonamides is 1. The number of aliphatic hydroxyl groups is 1. The van der Waals surface area contributed by atoms with Crippen molar-refractivity contribution in [3.05, 3.63) is 42.2 Å². The minimum absolute atomic E-state index is 0.0201. The zero-order chi connectivity index (χ0) is 14.5. The Morgan fingerprint density at radius 3 is 2.68 bits per heavy atom. The number of benzene rings is 1. The second-order valence-electron chi connectivity index (χ2n) is 4.06. The Hall–Kier alpha value is -1.24. The van der Waals surface area contributed by atoms with Gasteiger partial charge in [-0.05, 0) is 24.6 Å². The predicted octanol–water partition coefficient (Wildman–Crippen LogP) is 1.90. The van der Waals surface area contributed by atoms with Crippen LogP contribution in [-0.4, -0.2) is 30.9 Å². The quantitative estimate of drug-likeness (QED) is 0.779. The summed E-state index contributed by atoms with van der Waals surface area (Å²) < 4.78 is 39.3. The maximum absolute atomic E-state index is 13.3. The van der Waals surface area contributed by atoms with Gasteiger partial charge in [-0.3, -0.25) is 0 Å². The van der Waals surface area contributed by atoms with E-state index in [1.165, 1.54) is 16.4 Å². The van der Waals surface area contributed by atoms with Crippen molar-refractivity contribution in [2.24, 2.45) is 0 Å². The molecule has 0 heterocycles. The SMILES string of the molecule is C=CCN(CCC)S(=O)(=O)c1ccc(F)c(CO)c1. The summed E-state index contributed by atoms with van der Waals surface area (Å²) in [5, 5.41) is 8.99. The van der Waals surface area contributed by atoms with Crippen LogP contribution in [-0.2, 0) is 16.6 Å². The molecule has 0 fully saturated rings. The van der Waals surface area contributed by atoms with Gasteiger partial charge in [0.2, 0.25) is 10.0 Å². The van der Waals surface area contributed by atoms with Gasteiger partial charge in [0.25, 0.3) is 0 Å². The molecule has 1 aromatic carbocycles. The van der Waals surface area contributed by atoms with Crippen LogP contribution in [0.1, 0.15) is 18.9 Å². The van der Waals surface area contributed by atoms with Gasteiger partial charge in [-0.15, -0.1) is 6.58 Å². The van der Waals surface area contributed by atoms with Crippen molar-refractivity contribution in [1.29, 1.82) is 0 Å². The maximum Gasteiger partial charge on any atom is 0.243 e. The van der Waals surface area contributed by atoms with E-state index in [0.29, 0.717) is 13.0 Å². The summed E-state index contributed by atoms with van der Waals surface area (Å²) in [5.41, 5.74) is -0.0314. The predicted molar refractivity (Wildman–Crippen MR) is 71.6 cm³/mol. The summed E-state index contributed by atoms with van der Waals surface area (Å²) in [6.07, 6.45) is 2.17. The Balaban J connectivity index is 3.20. The van der Waals surface area contributed by atoms with Crippen molar-refractivity contribution in [3.8, 4) is 0 Å². The molecule has 0 aromatic heterocycles. The van der Waals surface area contributed by atoms with Crippen molar-refractivity contribution in [2.45, 2.75) is 24.8 Å². The summed E-state index contributed by atoms with van der Waals surface area (Å²) in [6, 6.07) is 3.42. The minimum atomic E-state index is -3.69. The van der Waals surface area contributed by atoms with Crippen molar-refractivity contribution >= 4 is 10.0 Å². The highest BCUT2D eigenvalue weighted by molar-refractivity contribution is 7.89. The van der Waals surface area contributed by atoms with Crippen LogP contribution in [0.15, 0.2) is 35.7 Å². The van der Waals surface area contributed by atoms with Crippen LogP contribution < -0.4 is 0 Å². The Kier molecular flexibility index (Phi) is 5.65. The average Bonchev–Trinajstić information content (AvgIpc) is 2.38. The molecule has 4 nitrogen and oxygen atoms in total. The number of hydrogen-bond acceptors (Lipinski definition) is 3. The number of nitrogens with zero attached hydrogens (tertiary/aromatic N) is 1. The molecule has 19 heavy (non-hydrogen) atoms. The lowest BCUT2D eigenvalue weighted by Crippen LogP contribution is -2.32. The molecule has 1 N–H and O–H groups in total. The van der Waals surface area contributed by atoms with E-state index >= 15 is 0 Å². The Bertz CT molecular complexity index is 543. The van der Waals surface area contributed by atoms with Gasteiger partial charge in [0.1, 0.15) is 5.82 Å². The van der Waals surface area contributed by atoms with E-state index in [-0.39, 0.29) is 17.0 Å². The summed E-state index contributed by atoms with van der Waals surface area (Å²) in [7, 11) is -3.69. The average molecular weight is 287 g/mol. The van der Waals surface area contributed by atoms with E-state index in [2.05, 4.69) is 6.58 Å². The molecule has 1 rings (SSSR count). The minimum Gasteiger partial charge on any atom is -0.392 e. The Labute approximate surface area is 113 Å². The first-order chi connectivity index (χ1) is 8.97. The summed E-state index contributed by atoms with van der Waals surface area (Å²) in [4.78, 5) is -0.0201. The van der Waals surface area contributed by atoms with Gasteiger partial charge in [-0.2, -0.15) is 4.31 Å². The first kappa shape index (κ1) is 15.8. The second-order valence-corrected chi connectivity index (χ2v) is 6.00. The van der Waals surface area contributed by atoms with Crippen LogP contribution >= 0.6 is 0 Å². The lowest BCUT2D eigenvalue weighted by Gasteiger charge is -2.20. The molecular weight excluding hydrogens is 269 g/mol. The fraction of sp³-hybridized carbons (Fsp3) is 0.385. The molecule has 0 atom stereocenters. The molecule has 0 spiro atoms.